The van der Waals surface area contributed by atoms with Crippen molar-refractivity contribution in [3.05, 3.63) is 64.4 Å². The van der Waals surface area contributed by atoms with Crippen LogP contribution in [0.4, 0.5) is 13.2 Å². The molecule has 0 radical (unpaired) electrons. The summed E-state index contributed by atoms with van der Waals surface area (Å²) in [6.45, 7) is -0.435. The number of aromatic nitrogens is 6. The van der Waals surface area contributed by atoms with Crippen molar-refractivity contribution in [1.82, 2.24) is 29.7 Å². The lowest BCUT2D eigenvalue weighted by Gasteiger charge is -2.22. The van der Waals surface area contributed by atoms with Gasteiger partial charge in [-0.15, -0.1) is 0 Å². The molecule has 0 N–H and O–H groups in total. The second-order valence-electron chi connectivity index (χ2n) is 7.22. The van der Waals surface area contributed by atoms with E-state index in [0.717, 1.165) is 43.0 Å². The lowest BCUT2D eigenvalue weighted by Crippen LogP contribution is -2.30. The zero-order valence-electron chi connectivity index (χ0n) is 16.0. The summed E-state index contributed by atoms with van der Waals surface area (Å²) in [5.41, 5.74) is -0.511. The van der Waals surface area contributed by atoms with Crippen molar-refractivity contribution in [2.45, 2.75) is 50.7 Å². The van der Waals surface area contributed by atoms with Crippen molar-refractivity contribution in [3.8, 4) is 11.4 Å². The van der Waals surface area contributed by atoms with Crippen molar-refractivity contribution in [1.29, 1.82) is 0 Å². The van der Waals surface area contributed by atoms with Crippen LogP contribution in [0.3, 0.4) is 0 Å². The number of alkyl halides is 3. The van der Waals surface area contributed by atoms with Gasteiger partial charge < -0.3 is 0 Å². The highest BCUT2D eigenvalue weighted by Crippen LogP contribution is 2.32. The second-order valence-corrected chi connectivity index (χ2v) is 7.22. The van der Waals surface area contributed by atoms with Gasteiger partial charge in [-0.3, -0.25) is 19.7 Å². The molecule has 0 amide bonds. The molecule has 3 aromatic rings. The van der Waals surface area contributed by atoms with E-state index >= 15 is 0 Å². The molecule has 4 rings (SSSR count). The molecule has 1 saturated carbocycles. The Kier molecular flexibility index (Phi) is 5.56. The Morgan fingerprint density at radius 3 is 2.40 bits per heavy atom. The van der Waals surface area contributed by atoms with Crippen LogP contribution in [0.15, 0.2) is 41.8 Å². The average Bonchev–Trinajstić information content (AvgIpc) is 2.76. The maximum absolute atomic E-state index is 13.3. The normalized spacial score (nSPS) is 15.3. The zero-order chi connectivity index (χ0) is 21.1. The van der Waals surface area contributed by atoms with Crippen LogP contribution in [0.25, 0.3) is 11.4 Å². The third kappa shape index (κ3) is 4.22. The molecule has 0 aromatic carbocycles. The molecule has 10 heteroatoms. The molecule has 1 aliphatic rings. The fourth-order valence-electron chi connectivity index (χ4n) is 3.79. The van der Waals surface area contributed by atoms with Crippen LogP contribution < -0.4 is 5.56 Å². The summed E-state index contributed by atoms with van der Waals surface area (Å²) >= 11 is 0. The summed E-state index contributed by atoms with van der Waals surface area (Å²) < 4.78 is 41.0. The summed E-state index contributed by atoms with van der Waals surface area (Å²) in [6, 6.07) is 1.69. The maximum Gasteiger partial charge on any atom is 0.435 e. The minimum Gasteiger partial charge on any atom is -0.267 e. The summed E-state index contributed by atoms with van der Waals surface area (Å²) in [6.07, 6.45) is 6.83. The smallest absolute Gasteiger partial charge is 0.267 e. The van der Waals surface area contributed by atoms with Crippen LogP contribution in [0.5, 0.6) is 0 Å². The van der Waals surface area contributed by atoms with E-state index in [2.05, 4.69) is 25.0 Å². The predicted molar refractivity (Wildman–Crippen MR) is 101 cm³/mol. The summed E-state index contributed by atoms with van der Waals surface area (Å²) in [7, 11) is 0. The second kappa shape index (κ2) is 8.29. The first-order valence-electron chi connectivity index (χ1n) is 9.69. The Balaban J connectivity index is 1.82. The van der Waals surface area contributed by atoms with Gasteiger partial charge in [0.2, 0.25) is 0 Å². The van der Waals surface area contributed by atoms with Crippen LogP contribution >= 0.6 is 0 Å². The Morgan fingerprint density at radius 2 is 1.70 bits per heavy atom. The van der Waals surface area contributed by atoms with Crippen LogP contribution in [0.2, 0.25) is 0 Å². The topological polar surface area (TPSA) is 86.5 Å². The van der Waals surface area contributed by atoms with E-state index in [4.69, 9.17) is 0 Å². The van der Waals surface area contributed by atoms with E-state index in [-0.39, 0.29) is 11.6 Å². The van der Waals surface area contributed by atoms with E-state index in [1.54, 1.807) is 6.07 Å². The first-order chi connectivity index (χ1) is 14.4. The molecular weight excluding hydrogens is 397 g/mol. The lowest BCUT2D eigenvalue weighted by molar-refractivity contribution is -0.142. The van der Waals surface area contributed by atoms with Crippen molar-refractivity contribution in [2.75, 3.05) is 0 Å². The first kappa shape index (κ1) is 20.1. The van der Waals surface area contributed by atoms with E-state index in [9.17, 15) is 18.0 Å². The van der Waals surface area contributed by atoms with Gasteiger partial charge in [0, 0.05) is 30.4 Å². The molecule has 7 nitrogen and oxygen atoms in total. The Morgan fingerprint density at radius 1 is 0.967 bits per heavy atom. The van der Waals surface area contributed by atoms with Crippen LogP contribution in [0.1, 0.15) is 55.0 Å². The van der Waals surface area contributed by atoms with Gasteiger partial charge in [-0.05, 0) is 24.8 Å². The van der Waals surface area contributed by atoms with Crippen LogP contribution in [0, 0.1) is 0 Å². The van der Waals surface area contributed by atoms with Crippen molar-refractivity contribution >= 4 is 0 Å². The summed E-state index contributed by atoms with van der Waals surface area (Å²) in [5.74, 6) is 0.0415. The van der Waals surface area contributed by atoms with Gasteiger partial charge in [-0.1, -0.05) is 19.3 Å². The highest BCUT2D eigenvalue weighted by molar-refractivity contribution is 5.53. The van der Waals surface area contributed by atoms with Gasteiger partial charge in [0.25, 0.3) is 5.56 Å². The fraction of sp³-hybridized carbons (Fsp3) is 0.400. The van der Waals surface area contributed by atoms with Gasteiger partial charge >= 0.3 is 6.18 Å². The van der Waals surface area contributed by atoms with Gasteiger partial charge in [-0.25, -0.2) is 9.67 Å². The molecule has 0 spiro atoms. The number of hydrogen-bond acceptors (Lipinski definition) is 6. The summed E-state index contributed by atoms with van der Waals surface area (Å²) in [5, 5.41) is 4.28. The molecule has 0 atom stereocenters. The van der Waals surface area contributed by atoms with E-state index in [0.29, 0.717) is 17.0 Å². The third-order valence-electron chi connectivity index (χ3n) is 5.21. The van der Waals surface area contributed by atoms with E-state index in [1.165, 1.54) is 24.8 Å². The molecule has 30 heavy (non-hydrogen) atoms. The Hall–Kier alpha value is -3.17. The van der Waals surface area contributed by atoms with E-state index < -0.39 is 24.0 Å². The predicted octanol–water partition coefficient (Wildman–Crippen LogP) is 3.61. The average molecular weight is 416 g/mol. The molecule has 0 aliphatic heterocycles. The van der Waals surface area contributed by atoms with Gasteiger partial charge in [-0.2, -0.15) is 18.3 Å². The third-order valence-corrected chi connectivity index (χ3v) is 5.21. The minimum absolute atomic E-state index is 0.0415. The highest BCUT2D eigenvalue weighted by atomic mass is 19.4. The van der Waals surface area contributed by atoms with E-state index in [1.807, 2.05) is 0 Å². The lowest BCUT2D eigenvalue weighted by atomic mass is 9.84. The monoisotopic (exact) mass is 416 g/mol. The summed E-state index contributed by atoms with van der Waals surface area (Å²) in [4.78, 5) is 28.6. The van der Waals surface area contributed by atoms with Gasteiger partial charge in [0.1, 0.15) is 11.4 Å². The maximum atomic E-state index is 13.3. The molecule has 1 aliphatic carbocycles. The van der Waals surface area contributed by atoms with Crippen molar-refractivity contribution in [3.63, 3.8) is 0 Å². The quantitative estimate of drug-likeness (QED) is 0.646. The first-order valence-corrected chi connectivity index (χ1v) is 9.69. The van der Waals surface area contributed by atoms with Gasteiger partial charge in [0.05, 0.1) is 18.4 Å². The van der Waals surface area contributed by atoms with Crippen molar-refractivity contribution in [2.24, 2.45) is 0 Å². The number of halogens is 3. The molecule has 0 bridgehead atoms. The van der Waals surface area contributed by atoms with Crippen LogP contribution in [-0.2, 0) is 12.7 Å². The SMILES string of the molecule is O=c1c(C2CCCCC2)cc(-c2cnccn2)nn1Cc1nccnc1C(F)(F)F. The highest BCUT2D eigenvalue weighted by Gasteiger charge is 2.36. The number of hydrogen-bond donors (Lipinski definition) is 0. The largest absolute Gasteiger partial charge is 0.435 e. The molecular formula is C20H19F3N6O. The number of nitrogens with zero attached hydrogens (tertiary/aromatic N) is 6. The minimum atomic E-state index is -4.68. The Labute approximate surface area is 170 Å². The zero-order valence-corrected chi connectivity index (χ0v) is 16.0. The molecule has 3 heterocycles. The molecule has 3 aromatic heterocycles. The fourth-order valence-corrected chi connectivity index (χ4v) is 3.79. The molecule has 156 valence electrons. The van der Waals surface area contributed by atoms with Crippen molar-refractivity contribution < 1.29 is 13.2 Å². The van der Waals surface area contributed by atoms with Crippen LogP contribution in [-0.4, -0.2) is 29.7 Å². The number of rotatable bonds is 4. The standard InChI is InChI=1S/C20H19F3N6O/c21-20(22,23)18-17(26-8-9-27-18)12-29-19(30)14(13-4-2-1-3-5-13)10-15(28-29)16-11-24-6-7-25-16/h6-11,13H,1-5,12H2. The molecule has 0 unspecified atom stereocenters. The molecule has 0 saturated heterocycles. The molecule has 1 fully saturated rings. The van der Waals surface area contributed by atoms with Gasteiger partial charge in [0.15, 0.2) is 5.69 Å². The Bertz CT molecular complexity index is 1080.